The lowest BCUT2D eigenvalue weighted by Gasteiger charge is -2.13. The lowest BCUT2D eigenvalue weighted by Crippen LogP contribution is -2.38. The molecular weight excluding hydrogens is 290 g/mol. The Hall–Kier alpha value is -1.75. The SMILES string of the molecule is CN=C(NCCCCCOC)NCCc1cc(C)ccc1OC. The van der Waals surface area contributed by atoms with E-state index < -0.39 is 0 Å². The monoisotopic (exact) mass is 321 g/mol. The molecule has 0 aliphatic heterocycles. The number of hydrogen-bond acceptors (Lipinski definition) is 3. The summed E-state index contributed by atoms with van der Waals surface area (Å²) in [7, 11) is 5.26. The summed E-state index contributed by atoms with van der Waals surface area (Å²) in [6, 6.07) is 6.27. The molecule has 0 bridgehead atoms. The van der Waals surface area contributed by atoms with E-state index in [-0.39, 0.29) is 0 Å². The van der Waals surface area contributed by atoms with Gasteiger partial charge in [-0.3, -0.25) is 4.99 Å². The van der Waals surface area contributed by atoms with Crippen LogP contribution in [-0.4, -0.2) is 46.9 Å². The first-order valence-corrected chi connectivity index (χ1v) is 8.28. The fraction of sp³-hybridized carbons (Fsp3) is 0.611. The second kappa shape index (κ2) is 11.8. The highest BCUT2D eigenvalue weighted by atomic mass is 16.5. The molecule has 5 nitrogen and oxygen atoms in total. The quantitative estimate of drug-likeness (QED) is 0.395. The van der Waals surface area contributed by atoms with Gasteiger partial charge in [0.2, 0.25) is 0 Å². The molecule has 0 saturated heterocycles. The molecule has 0 aliphatic rings. The Morgan fingerprint density at radius 2 is 1.87 bits per heavy atom. The number of hydrogen-bond donors (Lipinski definition) is 2. The minimum atomic E-state index is 0.823. The molecule has 0 atom stereocenters. The van der Waals surface area contributed by atoms with Crippen LogP contribution in [0.2, 0.25) is 0 Å². The van der Waals surface area contributed by atoms with E-state index in [1.165, 1.54) is 17.5 Å². The molecule has 23 heavy (non-hydrogen) atoms. The first-order chi connectivity index (χ1) is 11.2. The van der Waals surface area contributed by atoms with Crippen molar-refractivity contribution < 1.29 is 9.47 Å². The van der Waals surface area contributed by atoms with Crippen LogP contribution in [0.25, 0.3) is 0 Å². The number of benzene rings is 1. The lowest BCUT2D eigenvalue weighted by molar-refractivity contribution is 0.192. The van der Waals surface area contributed by atoms with Crippen LogP contribution in [-0.2, 0) is 11.2 Å². The van der Waals surface area contributed by atoms with Gasteiger partial charge < -0.3 is 20.1 Å². The standard InChI is InChI=1S/C18H31N3O2/c1-15-8-9-17(23-4)16(14-15)10-12-21-18(19-2)20-11-6-5-7-13-22-3/h8-9,14H,5-7,10-13H2,1-4H3,(H2,19,20,21). The van der Waals surface area contributed by atoms with Crippen molar-refractivity contribution >= 4 is 5.96 Å². The molecule has 0 aliphatic carbocycles. The lowest BCUT2D eigenvalue weighted by atomic mass is 10.1. The minimum absolute atomic E-state index is 0.823. The molecule has 0 aromatic heterocycles. The molecule has 0 fully saturated rings. The van der Waals surface area contributed by atoms with Crippen LogP contribution in [0.1, 0.15) is 30.4 Å². The molecule has 0 amide bonds. The summed E-state index contributed by atoms with van der Waals surface area (Å²) in [5.74, 6) is 1.79. The van der Waals surface area contributed by atoms with E-state index in [2.05, 4.69) is 34.7 Å². The van der Waals surface area contributed by atoms with E-state index in [1.54, 1.807) is 21.3 Å². The molecule has 0 saturated carbocycles. The molecule has 2 N–H and O–H groups in total. The van der Waals surface area contributed by atoms with E-state index in [9.17, 15) is 0 Å². The van der Waals surface area contributed by atoms with Crippen LogP contribution >= 0.6 is 0 Å². The van der Waals surface area contributed by atoms with Crippen LogP contribution in [0.15, 0.2) is 23.2 Å². The second-order valence-electron chi connectivity index (χ2n) is 5.54. The number of nitrogens with one attached hydrogen (secondary N) is 2. The predicted octanol–water partition coefficient (Wildman–Crippen LogP) is 2.53. The summed E-state index contributed by atoms with van der Waals surface area (Å²) < 4.78 is 10.5. The molecular formula is C18H31N3O2. The molecule has 0 spiro atoms. The van der Waals surface area contributed by atoms with Crippen molar-refractivity contribution in [2.24, 2.45) is 4.99 Å². The summed E-state index contributed by atoms with van der Waals surface area (Å²) in [5.41, 5.74) is 2.47. The zero-order chi connectivity index (χ0) is 16.9. The van der Waals surface area contributed by atoms with Crippen LogP contribution in [0, 0.1) is 6.92 Å². The Bertz CT molecular complexity index is 475. The minimum Gasteiger partial charge on any atom is -0.496 e. The van der Waals surface area contributed by atoms with E-state index in [1.807, 2.05) is 6.07 Å². The van der Waals surface area contributed by atoms with Crippen LogP contribution in [0.3, 0.4) is 0 Å². The van der Waals surface area contributed by atoms with Crippen molar-refractivity contribution in [3.05, 3.63) is 29.3 Å². The van der Waals surface area contributed by atoms with Crippen molar-refractivity contribution in [3.8, 4) is 5.75 Å². The molecule has 1 rings (SSSR count). The molecule has 0 radical (unpaired) electrons. The Morgan fingerprint density at radius 1 is 1.09 bits per heavy atom. The van der Waals surface area contributed by atoms with Gasteiger partial charge in [0.05, 0.1) is 7.11 Å². The summed E-state index contributed by atoms with van der Waals surface area (Å²) in [4.78, 5) is 4.25. The third-order valence-electron chi connectivity index (χ3n) is 3.66. The van der Waals surface area contributed by atoms with Crippen LogP contribution in [0.4, 0.5) is 0 Å². The molecule has 5 heteroatoms. The highest BCUT2D eigenvalue weighted by molar-refractivity contribution is 5.79. The summed E-state index contributed by atoms with van der Waals surface area (Å²) in [6.07, 6.45) is 4.30. The number of ether oxygens (including phenoxy) is 2. The van der Waals surface area contributed by atoms with Crippen molar-refractivity contribution in [3.63, 3.8) is 0 Å². The van der Waals surface area contributed by atoms with E-state index in [0.717, 1.165) is 50.7 Å². The first kappa shape index (κ1) is 19.3. The number of unbranched alkanes of at least 4 members (excludes halogenated alkanes) is 2. The zero-order valence-corrected chi connectivity index (χ0v) is 14.9. The maximum atomic E-state index is 5.41. The maximum Gasteiger partial charge on any atom is 0.190 e. The normalized spacial score (nSPS) is 11.4. The third-order valence-corrected chi connectivity index (χ3v) is 3.66. The fourth-order valence-electron chi connectivity index (χ4n) is 2.39. The van der Waals surface area contributed by atoms with E-state index in [0.29, 0.717) is 0 Å². The van der Waals surface area contributed by atoms with Gasteiger partial charge >= 0.3 is 0 Å². The molecule has 1 aromatic rings. The molecule has 1 aromatic carbocycles. The van der Waals surface area contributed by atoms with Gasteiger partial charge in [-0.25, -0.2) is 0 Å². The Morgan fingerprint density at radius 3 is 2.57 bits per heavy atom. The van der Waals surface area contributed by atoms with Gasteiger partial charge in [-0.1, -0.05) is 17.7 Å². The summed E-state index contributed by atoms with van der Waals surface area (Å²) in [5, 5.41) is 6.69. The van der Waals surface area contributed by atoms with Crippen molar-refractivity contribution in [2.45, 2.75) is 32.6 Å². The van der Waals surface area contributed by atoms with Crippen molar-refractivity contribution in [2.75, 3.05) is 41.0 Å². The Balaban J connectivity index is 2.28. The molecule has 130 valence electrons. The number of aliphatic imine (C=N–C) groups is 1. The van der Waals surface area contributed by atoms with E-state index >= 15 is 0 Å². The van der Waals surface area contributed by atoms with Crippen molar-refractivity contribution in [1.82, 2.24) is 10.6 Å². The topological polar surface area (TPSA) is 54.9 Å². The maximum absolute atomic E-state index is 5.41. The number of guanidine groups is 1. The summed E-state index contributed by atoms with van der Waals surface area (Å²) in [6.45, 7) is 4.69. The average molecular weight is 321 g/mol. The predicted molar refractivity (Wildman–Crippen MR) is 96.5 cm³/mol. The van der Waals surface area contributed by atoms with Crippen molar-refractivity contribution in [1.29, 1.82) is 0 Å². The Kier molecular flexibility index (Phi) is 9.87. The summed E-state index contributed by atoms with van der Waals surface area (Å²) >= 11 is 0. The first-order valence-electron chi connectivity index (χ1n) is 8.28. The van der Waals surface area contributed by atoms with Crippen LogP contribution < -0.4 is 15.4 Å². The number of methoxy groups -OCH3 is 2. The van der Waals surface area contributed by atoms with Gasteiger partial charge in [0.25, 0.3) is 0 Å². The Labute approximate surface area is 140 Å². The fourth-order valence-corrected chi connectivity index (χ4v) is 2.39. The third kappa shape index (κ3) is 7.88. The van der Waals surface area contributed by atoms with Gasteiger partial charge in [0.1, 0.15) is 5.75 Å². The highest BCUT2D eigenvalue weighted by Gasteiger charge is 2.04. The molecule has 0 unspecified atom stereocenters. The number of rotatable bonds is 10. The second-order valence-corrected chi connectivity index (χ2v) is 5.54. The average Bonchev–Trinajstić information content (AvgIpc) is 2.56. The van der Waals surface area contributed by atoms with Gasteiger partial charge in [-0.15, -0.1) is 0 Å². The van der Waals surface area contributed by atoms with Gasteiger partial charge in [-0.05, 0) is 44.2 Å². The van der Waals surface area contributed by atoms with Gasteiger partial charge in [0, 0.05) is 33.9 Å². The highest BCUT2D eigenvalue weighted by Crippen LogP contribution is 2.19. The van der Waals surface area contributed by atoms with Gasteiger partial charge in [0.15, 0.2) is 5.96 Å². The molecule has 0 heterocycles. The van der Waals surface area contributed by atoms with Crippen LogP contribution in [0.5, 0.6) is 5.75 Å². The number of nitrogens with zero attached hydrogens (tertiary/aromatic N) is 1. The van der Waals surface area contributed by atoms with Gasteiger partial charge in [-0.2, -0.15) is 0 Å². The van der Waals surface area contributed by atoms with E-state index in [4.69, 9.17) is 9.47 Å². The zero-order valence-electron chi connectivity index (χ0n) is 14.9. The largest absolute Gasteiger partial charge is 0.496 e. The number of aryl methyl sites for hydroxylation is 1. The smallest absolute Gasteiger partial charge is 0.190 e.